The first-order valence-electron chi connectivity index (χ1n) is 10.5. The predicted octanol–water partition coefficient (Wildman–Crippen LogP) is 3.41. The molecule has 1 aliphatic rings. The number of aliphatic hydroxyl groups is 1. The van der Waals surface area contributed by atoms with Crippen LogP contribution in [0.4, 0.5) is 9.93 Å². The molecule has 0 radical (unpaired) electrons. The average Bonchev–Trinajstić information content (AvgIpc) is 3.01. The molecule has 1 atom stereocenters. The minimum absolute atomic E-state index is 0.114. The van der Waals surface area contributed by atoms with E-state index < -0.39 is 23.3 Å². The van der Waals surface area contributed by atoms with Gasteiger partial charge >= 0.3 is 12.1 Å². The second-order valence-electron chi connectivity index (χ2n) is 9.74. The summed E-state index contributed by atoms with van der Waals surface area (Å²) in [7, 11) is 0. The molecule has 1 aliphatic heterocycles. The summed E-state index contributed by atoms with van der Waals surface area (Å²) < 4.78 is 17.0. The van der Waals surface area contributed by atoms with Crippen molar-refractivity contribution in [2.75, 3.05) is 25.0 Å². The van der Waals surface area contributed by atoms with Gasteiger partial charge in [0.1, 0.15) is 23.6 Å². The number of esters is 1. The molecule has 9 nitrogen and oxygen atoms in total. The second kappa shape index (κ2) is 9.11. The Morgan fingerprint density at radius 3 is 2.47 bits per heavy atom. The van der Waals surface area contributed by atoms with Crippen LogP contribution in [0.1, 0.15) is 41.5 Å². The van der Waals surface area contributed by atoms with Crippen LogP contribution in [0.25, 0.3) is 10.2 Å². The molecule has 0 saturated carbocycles. The standard InChI is InChI=1S/C22H31N3O6S/c1-21(2,3)30-18(27)16(26)12-29-14-7-8-15-17(9-14)32-19(24-15)23-13-10-25(11-13)20(28)31-22(4,5)6/h7-9,13,16,26H,10-12H2,1-6H3,(H,23,24)/t16-/m1/s1. The van der Waals surface area contributed by atoms with Crippen LogP contribution in [0, 0.1) is 0 Å². The zero-order valence-corrected chi connectivity index (χ0v) is 20.1. The number of carbonyl (C=O) groups is 2. The molecule has 2 heterocycles. The zero-order chi connectivity index (χ0) is 23.7. The third kappa shape index (κ3) is 6.70. The lowest BCUT2D eigenvalue weighted by Crippen LogP contribution is -2.57. The van der Waals surface area contributed by atoms with Crippen molar-refractivity contribution >= 4 is 38.7 Å². The molecule has 2 aromatic rings. The van der Waals surface area contributed by atoms with Crippen molar-refractivity contribution in [2.24, 2.45) is 0 Å². The summed E-state index contributed by atoms with van der Waals surface area (Å²) in [6.45, 7) is 11.7. The summed E-state index contributed by atoms with van der Waals surface area (Å²) in [5.41, 5.74) is -0.375. The molecule has 1 aromatic heterocycles. The maximum Gasteiger partial charge on any atom is 0.410 e. The summed E-state index contributed by atoms with van der Waals surface area (Å²) in [5.74, 6) is -0.196. The van der Waals surface area contributed by atoms with Crippen molar-refractivity contribution in [3.05, 3.63) is 18.2 Å². The van der Waals surface area contributed by atoms with E-state index in [4.69, 9.17) is 14.2 Å². The highest BCUT2D eigenvalue weighted by Crippen LogP contribution is 2.30. The van der Waals surface area contributed by atoms with E-state index in [2.05, 4.69) is 10.3 Å². The quantitative estimate of drug-likeness (QED) is 0.625. The number of thiazole rings is 1. The molecule has 0 unspecified atom stereocenters. The van der Waals surface area contributed by atoms with Gasteiger partial charge in [0.15, 0.2) is 11.2 Å². The summed E-state index contributed by atoms with van der Waals surface area (Å²) >= 11 is 1.47. The molecular weight excluding hydrogens is 434 g/mol. The van der Waals surface area contributed by atoms with E-state index in [0.717, 1.165) is 15.3 Å². The predicted molar refractivity (Wildman–Crippen MR) is 122 cm³/mol. The van der Waals surface area contributed by atoms with Gasteiger partial charge in [0.2, 0.25) is 0 Å². The summed E-state index contributed by atoms with van der Waals surface area (Å²) in [5, 5.41) is 14.0. The number of hydrogen-bond donors (Lipinski definition) is 2. The van der Waals surface area contributed by atoms with Crippen LogP contribution in [0.3, 0.4) is 0 Å². The normalized spacial score (nSPS) is 15.8. The minimum Gasteiger partial charge on any atom is -0.490 e. The smallest absolute Gasteiger partial charge is 0.410 e. The Hall–Kier alpha value is -2.59. The Kier molecular flexibility index (Phi) is 6.85. The molecule has 32 heavy (non-hydrogen) atoms. The van der Waals surface area contributed by atoms with Crippen molar-refractivity contribution in [1.82, 2.24) is 9.88 Å². The fourth-order valence-electron chi connectivity index (χ4n) is 2.89. The highest BCUT2D eigenvalue weighted by Gasteiger charge is 2.34. The fraction of sp³-hybridized carbons (Fsp3) is 0.591. The first-order valence-corrected chi connectivity index (χ1v) is 11.3. The van der Waals surface area contributed by atoms with Crippen LogP contribution >= 0.6 is 11.3 Å². The third-order valence-electron chi connectivity index (χ3n) is 4.31. The number of ether oxygens (including phenoxy) is 3. The molecule has 0 bridgehead atoms. The fourth-order valence-corrected chi connectivity index (χ4v) is 3.86. The van der Waals surface area contributed by atoms with Gasteiger partial charge in [0.25, 0.3) is 0 Å². The lowest BCUT2D eigenvalue weighted by atomic mass is 10.1. The van der Waals surface area contributed by atoms with E-state index in [1.54, 1.807) is 31.7 Å². The average molecular weight is 466 g/mol. The van der Waals surface area contributed by atoms with E-state index in [0.29, 0.717) is 18.8 Å². The highest BCUT2D eigenvalue weighted by atomic mass is 32.1. The van der Waals surface area contributed by atoms with Gasteiger partial charge in [-0.1, -0.05) is 11.3 Å². The van der Waals surface area contributed by atoms with Crippen LogP contribution in [-0.2, 0) is 14.3 Å². The van der Waals surface area contributed by atoms with Gasteiger partial charge in [-0.25, -0.2) is 14.6 Å². The molecule has 1 amide bonds. The van der Waals surface area contributed by atoms with Crippen LogP contribution in [0.2, 0.25) is 0 Å². The molecule has 1 saturated heterocycles. The molecule has 10 heteroatoms. The number of anilines is 1. The zero-order valence-electron chi connectivity index (χ0n) is 19.3. The summed E-state index contributed by atoms with van der Waals surface area (Å²) in [6.07, 6.45) is -1.68. The number of amides is 1. The molecule has 0 spiro atoms. The van der Waals surface area contributed by atoms with Crippen molar-refractivity contribution < 1.29 is 28.9 Å². The Morgan fingerprint density at radius 1 is 1.19 bits per heavy atom. The number of fused-ring (bicyclic) bond motifs is 1. The lowest BCUT2D eigenvalue weighted by Gasteiger charge is -2.39. The van der Waals surface area contributed by atoms with Crippen molar-refractivity contribution in [1.29, 1.82) is 0 Å². The largest absolute Gasteiger partial charge is 0.490 e. The minimum atomic E-state index is -1.37. The van der Waals surface area contributed by atoms with E-state index in [1.165, 1.54) is 11.3 Å². The van der Waals surface area contributed by atoms with Crippen LogP contribution < -0.4 is 10.1 Å². The molecule has 1 fully saturated rings. The van der Waals surface area contributed by atoms with Gasteiger partial charge < -0.3 is 29.5 Å². The number of hydrogen-bond acceptors (Lipinski definition) is 9. The van der Waals surface area contributed by atoms with Gasteiger partial charge in [0, 0.05) is 13.1 Å². The molecule has 1 aromatic carbocycles. The molecular formula is C22H31N3O6S. The number of carbonyl (C=O) groups excluding carboxylic acids is 2. The van der Waals surface area contributed by atoms with Gasteiger partial charge in [-0.3, -0.25) is 0 Å². The molecule has 3 rings (SSSR count). The second-order valence-corrected chi connectivity index (χ2v) is 10.8. The topological polar surface area (TPSA) is 110 Å². The summed E-state index contributed by atoms with van der Waals surface area (Å²) in [6, 6.07) is 5.48. The number of nitrogens with zero attached hydrogens (tertiary/aromatic N) is 2. The first-order chi connectivity index (χ1) is 14.8. The van der Waals surface area contributed by atoms with E-state index in [9.17, 15) is 14.7 Å². The third-order valence-corrected chi connectivity index (χ3v) is 5.26. The number of likely N-dealkylation sites (tertiary alicyclic amines) is 1. The maximum atomic E-state index is 12.0. The lowest BCUT2D eigenvalue weighted by molar-refractivity contribution is -0.166. The number of aromatic nitrogens is 1. The van der Waals surface area contributed by atoms with Crippen molar-refractivity contribution in [3.63, 3.8) is 0 Å². The van der Waals surface area contributed by atoms with Gasteiger partial charge in [-0.05, 0) is 59.7 Å². The number of rotatable bonds is 6. The Morgan fingerprint density at radius 2 is 1.84 bits per heavy atom. The first kappa shape index (κ1) is 24.1. The van der Waals surface area contributed by atoms with Gasteiger partial charge in [-0.15, -0.1) is 0 Å². The molecule has 2 N–H and O–H groups in total. The number of nitrogens with one attached hydrogen (secondary N) is 1. The van der Waals surface area contributed by atoms with Crippen LogP contribution in [-0.4, -0.2) is 70.1 Å². The summed E-state index contributed by atoms with van der Waals surface area (Å²) in [4.78, 5) is 30.1. The van der Waals surface area contributed by atoms with E-state index in [1.807, 2.05) is 32.9 Å². The monoisotopic (exact) mass is 465 g/mol. The maximum absolute atomic E-state index is 12.0. The number of benzene rings is 1. The Balaban J connectivity index is 1.51. The number of aliphatic hydroxyl groups excluding tert-OH is 1. The Bertz CT molecular complexity index is 972. The molecule has 0 aliphatic carbocycles. The van der Waals surface area contributed by atoms with Crippen molar-refractivity contribution in [3.8, 4) is 5.75 Å². The van der Waals surface area contributed by atoms with Gasteiger partial charge in [-0.2, -0.15) is 0 Å². The van der Waals surface area contributed by atoms with Crippen LogP contribution in [0.5, 0.6) is 5.75 Å². The van der Waals surface area contributed by atoms with E-state index in [-0.39, 0.29) is 18.7 Å². The highest BCUT2D eigenvalue weighted by molar-refractivity contribution is 7.22. The molecule has 176 valence electrons. The van der Waals surface area contributed by atoms with Gasteiger partial charge in [0.05, 0.1) is 16.3 Å². The van der Waals surface area contributed by atoms with E-state index >= 15 is 0 Å². The SMILES string of the molecule is CC(C)(C)OC(=O)[C@H](O)COc1ccc2nc(NC3CN(C(=O)OC(C)(C)C)C3)sc2c1. The Labute approximate surface area is 191 Å². The van der Waals surface area contributed by atoms with Crippen molar-refractivity contribution in [2.45, 2.75) is 64.9 Å². The van der Waals surface area contributed by atoms with Crippen LogP contribution in [0.15, 0.2) is 18.2 Å².